The van der Waals surface area contributed by atoms with Crippen LogP contribution in [0.4, 0.5) is 10.1 Å². The fourth-order valence-electron chi connectivity index (χ4n) is 3.82. The van der Waals surface area contributed by atoms with Crippen LogP contribution >= 0.6 is 11.6 Å². The molecule has 7 nitrogen and oxygen atoms in total. The van der Waals surface area contributed by atoms with Gasteiger partial charge in [0, 0.05) is 51.4 Å². The number of halogens is 2. The molecule has 3 aromatic rings. The Morgan fingerprint density at radius 1 is 1.23 bits per heavy atom. The first-order chi connectivity index (χ1) is 14.4. The standard InChI is InChI=1S/C21H19ClFN5O2/c1-26-16-4-5-18(22)25-19(16)20(15(11-24)21(26)30)28-8-6-27(7-9-28)12-13-2-3-14(23)10-17(13)29/h2-5,10,29H,6-9,12H2,1H3. The maximum Gasteiger partial charge on any atom is 0.270 e. The maximum absolute atomic E-state index is 13.2. The fourth-order valence-corrected chi connectivity index (χ4v) is 3.97. The number of rotatable bonds is 3. The van der Waals surface area contributed by atoms with Gasteiger partial charge in [0.15, 0.2) is 0 Å². The van der Waals surface area contributed by atoms with Crippen LogP contribution in [0, 0.1) is 17.1 Å². The monoisotopic (exact) mass is 427 g/mol. The molecule has 0 amide bonds. The molecule has 0 atom stereocenters. The van der Waals surface area contributed by atoms with E-state index in [2.05, 4.69) is 9.88 Å². The lowest BCUT2D eigenvalue weighted by atomic mass is 10.1. The van der Waals surface area contributed by atoms with E-state index in [1.54, 1.807) is 25.2 Å². The van der Waals surface area contributed by atoms with Crippen molar-refractivity contribution in [3.05, 3.63) is 62.8 Å². The Morgan fingerprint density at radius 3 is 2.63 bits per heavy atom. The summed E-state index contributed by atoms with van der Waals surface area (Å²) in [6, 6.07) is 9.38. The number of piperazine rings is 1. The Hall–Kier alpha value is -3.15. The van der Waals surface area contributed by atoms with Gasteiger partial charge in [-0.1, -0.05) is 17.7 Å². The fraction of sp³-hybridized carbons (Fsp3) is 0.286. The van der Waals surface area contributed by atoms with Crippen LogP contribution < -0.4 is 10.5 Å². The molecule has 154 valence electrons. The molecular weight excluding hydrogens is 409 g/mol. The van der Waals surface area contributed by atoms with Gasteiger partial charge in [0.05, 0.1) is 11.2 Å². The van der Waals surface area contributed by atoms with Crippen molar-refractivity contribution in [1.82, 2.24) is 14.5 Å². The van der Waals surface area contributed by atoms with Crippen LogP contribution in [-0.2, 0) is 13.6 Å². The van der Waals surface area contributed by atoms with Gasteiger partial charge in [0.2, 0.25) is 0 Å². The number of phenols is 1. The highest BCUT2D eigenvalue weighted by Gasteiger charge is 2.25. The summed E-state index contributed by atoms with van der Waals surface area (Å²) >= 11 is 6.10. The van der Waals surface area contributed by atoms with E-state index < -0.39 is 5.82 Å². The highest BCUT2D eigenvalue weighted by atomic mass is 35.5. The largest absolute Gasteiger partial charge is 0.508 e. The van der Waals surface area contributed by atoms with Crippen molar-refractivity contribution in [2.45, 2.75) is 6.54 Å². The summed E-state index contributed by atoms with van der Waals surface area (Å²) < 4.78 is 14.6. The van der Waals surface area contributed by atoms with E-state index in [4.69, 9.17) is 11.6 Å². The average Bonchev–Trinajstić information content (AvgIpc) is 2.73. The van der Waals surface area contributed by atoms with E-state index >= 15 is 0 Å². The van der Waals surface area contributed by atoms with Gasteiger partial charge >= 0.3 is 0 Å². The van der Waals surface area contributed by atoms with E-state index in [1.807, 2.05) is 11.0 Å². The number of hydrogen-bond donors (Lipinski definition) is 1. The minimum atomic E-state index is -0.478. The number of aromatic nitrogens is 2. The number of benzene rings is 1. The van der Waals surface area contributed by atoms with E-state index in [0.29, 0.717) is 55.0 Å². The number of nitriles is 1. The van der Waals surface area contributed by atoms with Crippen LogP contribution in [0.5, 0.6) is 5.75 Å². The number of fused-ring (bicyclic) bond motifs is 1. The number of nitrogens with zero attached hydrogens (tertiary/aromatic N) is 5. The number of phenolic OH excluding ortho intramolecular Hbond substituents is 1. The van der Waals surface area contributed by atoms with Crippen molar-refractivity contribution in [3.63, 3.8) is 0 Å². The van der Waals surface area contributed by atoms with Crippen molar-refractivity contribution >= 4 is 28.3 Å². The second-order valence-corrected chi connectivity index (χ2v) is 7.62. The van der Waals surface area contributed by atoms with Gasteiger partial charge < -0.3 is 14.6 Å². The second kappa shape index (κ2) is 7.94. The van der Waals surface area contributed by atoms with Crippen molar-refractivity contribution in [2.24, 2.45) is 7.05 Å². The normalized spacial score (nSPS) is 14.8. The summed E-state index contributed by atoms with van der Waals surface area (Å²) in [6.45, 7) is 2.88. The molecule has 1 N–H and O–H groups in total. The Morgan fingerprint density at radius 2 is 1.97 bits per heavy atom. The van der Waals surface area contributed by atoms with Gasteiger partial charge in [-0.3, -0.25) is 9.69 Å². The molecule has 1 fully saturated rings. The molecule has 1 aliphatic heterocycles. The zero-order chi connectivity index (χ0) is 21.4. The van der Waals surface area contributed by atoms with Gasteiger partial charge in [-0.25, -0.2) is 9.37 Å². The van der Waals surface area contributed by atoms with Gasteiger partial charge in [0.1, 0.15) is 33.9 Å². The highest BCUT2D eigenvalue weighted by molar-refractivity contribution is 6.29. The summed E-state index contributed by atoms with van der Waals surface area (Å²) in [7, 11) is 1.61. The first-order valence-electron chi connectivity index (χ1n) is 9.43. The molecule has 0 aliphatic carbocycles. The third-order valence-electron chi connectivity index (χ3n) is 5.42. The summed E-state index contributed by atoms with van der Waals surface area (Å²) in [5.74, 6) is -0.547. The first kappa shape index (κ1) is 20.1. The number of aromatic hydroxyl groups is 1. The van der Waals surface area contributed by atoms with Crippen molar-refractivity contribution in [2.75, 3.05) is 31.1 Å². The molecular formula is C21H19ClFN5O2. The zero-order valence-corrected chi connectivity index (χ0v) is 17.0. The van der Waals surface area contributed by atoms with E-state index in [-0.39, 0.29) is 22.0 Å². The van der Waals surface area contributed by atoms with Gasteiger partial charge in [0.25, 0.3) is 5.56 Å². The summed E-state index contributed by atoms with van der Waals surface area (Å²) in [6.07, 6.45) is 0. The molecule has 0 spiro atoms. The Kier molecular flexibility index (Phi) is 5.33. The van der Waals surface area contributed by atoms with E-state index in [9.17, 15) is 19.6 Å². The highest BCUT2D eigenvalue weighted by Crippen LogP contribution is 2.29. The lowest BCUT2D eigenvalue weighted by Crippen LogP contribution is -2.47. The van der Waals surface area contributed by atoms with Gasteiger partial charge in [-0.2, -0.15) is 5.26 Å². The van der Waals surface area contributed by atoms with Crippen LogP contribution in [-0.4, -0.2) is 45.7 Å². The maximum atomic E-state index is 13.2. The minimum absolute atomic E-state index is 0.0457. The lowest BCUT2D eigenvalue weighted by Gasteiger charge is -2.36. The van der Waals surface area contributed by atoms with Crippen molar-refractivity contribution in [3.8, 4) is 11.8 Å². The molecule has 0 radical (unpaired) electrons. The minimum Gasteiger partial charge on any atom is -0.508 e. The molecule has 0 unspecified atom stereocenters. The predicted octanol–water partition coefficient (Wildman–Crippen LogP) is 2.63. The molecule has 3 heterocycles. The smallest absolute Gasteiger partial charge is 0.270 e. The van der Waals surface area contributed by atoms with Crippen LogP contribution in [0.2, 0.25) is 5.15 Å². The molecule has 1 saturated heterocycles. The zero-order valence-electron chi connectivity index (χ0n) is 16.3. The first-order valence-corrected chi connectivity index (χ1v) is 9.81. The van der Waals surface area contributed by atoms with Crippen LogP contribution in [0.25, 0.3) is 11.0 Å². The molecule has 4 rings (SSSR count). The van der Waals surface area contributed by atoms with Crippen LogP contribution in [0.15, 0.2) is 35.1 Å². The summed E-state index contributed by atoms with van der Waals surface area (Å²) in [5.41, 5.74) is 1.95. The predicted molar refractivity (Wildman–Crippen MR) is 112 cm³/mol. The number of pyridine rings is 2. The Balaban J connectivity index is 1.63. The van der Waals surface area contributed by atoms with Crippen molar-refractivity contribution in [1.29, 1.82) is 5.26 Å². The quantitative estimate of drug-likeness (QED) is 0.647. The Bertz CT molecular complexity index is 1230. The van der Waals surface area contributed by atoms with E-state index in [1.165, 1.54) is 10.6 Å². The second-order valence-electron chi connectivity index (χ2n) is 7.24. The summed E-state index contributed by atoms with van der Waals surface area (Å²) in [5, 5.41) is 19.9. The molecule has 2 aromatic heterocycles. The Labute approximate surface area is 177 Å². The lowest BCUT2D eigenvalue weighted by molar-refractivity contribution is 0.246. The number of aryl methyl sites for hydroxylation is 1. The average molecular weight is 428 g/mol. The third kappa shape index (κ3) is 3.58. The molecule has 0 bridgehead atoms. The number of anilines is 1. The SMILES string of the molecule is Cn1c(=O)c(C#N)c(N2CCN(Cc3ccc(F)cc3O)CC2)c2nc(Cl)ccc21. The molecule has 9 heteroatoms. The topological polar surface area (TPSA) is 85.4 Å². The summed E-state index contributed by atoms with van der Waals surface area (Å²) in [4.78, 5) is 21.2. The van der Waals surface area contributed by atoms with Crippen LogP contribution in [0.1, 0.15) is 11.1 Å². The molecule has 1 aromatic carbocycles. The van der Waals surface area contributed by atoms with E-state index in [0.717, 1.165) is 6.07 Å². The molecule has 1 aliphatic rings. The molecule has 30 heavy (non-hydrogen) atoms. The third-order valence-corrected chi connectivity index (χ3v) is 5.63. The van der Waals surface area contributed by atoms with Gasteiger partial charge in [-0.15, -0.1) is 0 Å². The number of hydrogen-bond acceptors (Lipinski definition) is 6. The van der Waals surface area contributed by atoms with Crippen molar-refractivity contribution < 1.29 is 9.50 Å². The molecule has 0 saturated carbocycles. The van der Waals surface area contributed by atoms with Gasteiger partial charge in [-0.05, 0) is 18.2 Å². The van der Waals surface area contributed by atoms with Crippen LogP contribution in [0.3, 0.4) is 0 Å².